The molecule has 0 unspecified atom stereocenters. The van der Waals surface area contributed by atoms with Crippen LogP contribution in [-0.4, -0.2) is 36.0 Å². The quantitative estimate of drug-likeness (QED) is 0.701. The summed E-state index contributed by atoms with van der Waals surface area (Å²) in [7, 11) is -3.00. The van der Waals surface area contributed by atoms with E-state index in [9.17, 15) is 8.42 Å². The molecule has 0 radical (unpaired) electrons. The van der Waals surface area contributed by atoms with Gasteiger partial charge in [0.25, 0.3) is 0 Å². The Morgan fingerprint density at radius 1 is 1.30 bits per heavy atom. The Morgan fingerprint density at radius 2 is 2.07 bits per heavy atom. The van der Waals surface area contributed by atoms with Crippen LogP contribution in [0.3, 0.4) is 0 Å². The molecule has 1 atom stereocenters. The number of aryl methyl sites for hydroxylation is 1. The van der Waals surface area contributed by atoms with Crippen LogP contribution in [0.5, 0.6) is 0 Å². The standard InChI is InChI=1S/C20H26N2O3S2/c1-2-3-5-16-7-9-17(10-8-16)21-20(26)22(14-19-6-4-12-25-19)18-11-13-27(23,24)15-18/h4,6-10,12,18H,2-3,5,11,13-15H2,1H3,(H,21,26)/t18-/m1/s1. The summed E-state index contributed by atoms with van der Waals surface area (Å²) in [6.45, 7) is 2.64. The van der Waals surface area contributed by atoms with Gasteiger partial charge in [-0.1, -0.05) is 25.5 Å². The van der Waals surface area contributed by atoms with Gasteiger partial charge in [-0.05, 0) is 61.3 Å². The van der Waals surface area contributed by atoms with E-state index in [4.69, 9.17) is 16.6 Å². The van der Waals surface area contributed by atoms with E-state index in [0.29, 0.717) is 18.1 Å². The lowest BCUT2D eigenvalue weighted by Gasteiger charge is -2.30. The van der Waals surface area contributed by atoms with Gasteiger partial charge >= 0.3 is 0 Å². The van der Waals surface area contributed by atoms with Gasteiger partial charge in [-0.15, -0.1) is 0 Å². The average molecular weight is 407 g/mol. The SMILES string of the molecule is CCCCc1ccc(NC(=S)N(Cc2ccco2)[C@@H]2CCS(=O)(=O)C2)cc1. The van der Waals surface area contributed by atoms with Crippen molar-refractivity contribution in [3.8, 4) is 0 Å². The van der Waals surface area contributed by atoms with Crippen LogP contribution in [0.25, 0.3) is 0 Å². The van der Waals surface area contributed by atoms with Crippen molar-refractivity contribution in [2.75, 3.05) is 16.8 Å². The lowest BCUT2D eigenvalue weighted by molar-refractivity contribution is 0.302. The third-order valence-electron chi connectivity index (χ3n) is 4.84. The topological polar surface area (TPSA) is 62.6 Å². The number of benzene rings is 1. The van der Waals surface area contributed by atoms with Gasteiger partial charge in [-0.3, -0.25) is 0 Å². The first-order chi connectivity index (χ1) is 13.0. The van der Waals surface area contributed by atoms with Crippen LogP contribution in [0.4, 0.5) is 5.69 Å². The second kappa shape index (κ2) is 8.89. The number of hydrogen-bond acceptors (Lipinski definition) is 4. The molecule has 7 heteroatoms. The Hall–Kier alpha value is -1.86. The molecule has 0 amide bonds. The van der Waals surface area contributed by atoms with Gasteiger partial charge in [-0.25, -0.2) is 8.42 Å². The molecule has 1 N–H and O–H groups in total. The van der Waals surface area contributed by atoms with Crippen LogP contribution >= 0.6 is 12.2 Å². The molecule has 0 spiro atoms. The van der Waals surface area contributed by atoms with Gasteiger partial charge in [-0.2, -0.15) is 0 Å². The predicted octanol–water partition coefficient (Wildman–Crippen LogP) is 4.01. The smallest absolute Gasteiger partial charge is 0.174 e. The minimum Gasteiger partial charge on any atom is -0.467 e. The summed E-state index contributed by atoms with van der Waals surface area (Å²) in [5, 5.41) is 3.79. The van der Waals surface area contributed by atoms with Crippen LogP contribution < -0.4 is 5.32 Å². The molecule has 1 aliphatic rings. The molecule has 2 heterocycles. The number of unbranched alkanes of at least 4 members (excludes halogenated alkanes) is 1. The fourth-order valence-electron chi connectivity index (χ4n) is 3.29. The van der Waals surface area contributed by atoms with E-state index < -0.39 is 9.84 Å². The molecular weight excluding hydrogens is 380 g/mol. The molecule has 1 aromatic heterocycles. The zero-order chi connectivity index (χ0) is 19.3. The molecule has 3 rings (SSSR count). The number of anilines is 1. The summed E-state index contributed by atoms with van der Waals surface area (Å²) in [6.07, 6.45) is 5.63. The minimum atomic E-state index is -3.00. The van der Waals surface area contributed by atoms with Gasteiger partial charge in [0.2, 0.25) is 0 Å². The zero-order valence-electron chi connectivity index (χ0n) is 15.6. The van der Waals surface area contributed by atoms with Crippen molar-refractivity contribution in [1.82, 2.24) is 4.90 Å². The van der Waals surface area contributed by atoms with Crippen LogP contribution in [0, 0.1) is 0 Å². The number of hydrogen-bond donors (Lipinski definition) is 1. The van der Waals surface area contributed by atoms with Gasteiger partial charge in [0.15, 0.2) is 14.9 Å². The Morgan fingerprint density at radius 3 is 2.67 bits per heavy atom. The lowest BCUT2D eigenvalue weighted by Crippen LogP contribution is -2.42. The third-order valence-corrected chi connectivity index (χ3v) is 6.93. The maximum atomic E-state index is 11.9. The highest BCUT2D eigenvalue weighted by Gasteiger charge is 2.34. The normalized spacial score (nSPS) is 18.3. The molecule has 0 bridgehead atoms. The van der Waals surface area contributed by atoms with Crippen molar-refractivity contribution in [3.63, 3.8) is 0 Å². The molecule has 27 heavy (non-hydrogen) atoms. The van der Waals surface area contributed by atoms with E-state index in [1.54, 1.807) is 6.26 Å². The van der Waals surface area contributed by atoms with E-state index in [0.717, 1.165) is 17.9 Å². The Kier molecular flexibility index (Phi) is 6.55. The molecule has 0 saturated carbocycles. The number of thiocarbonyl (C=S) groups is 1. The first-order valence-corrected chi connectivity index (χ1v) is 11.6. The number of sulfone groups is 1. The maximum absolute atomic E-state index is 11.9. The van der Waals surface area contributed by atoms with Crippen molar-refractivity contribution in [1.29, 1.82) is 0 Å². The van der Waals surface area contributed by atoms with Gasteiger partial charge in [0, 0.05) is 11.7 Å². The fraction of sp³-hybridized carbons (Fsp3) is 0.450. The maximum Gasteiger partial charge on any atom is 0.174 e. The summed E-state index contributed by atoms with van der Waals surface area (Å²) in [5.41, 5.74) is 2.22. The van der Waals surface area contributed by atoms with Crippen molar-refractivity contribution >= 4 is 32.9 Å². The molecule has 1 aromatic carbocycles. The van der Waals surface area contributed by atoms with Crippen molar-refractivity contribution in [2.24, 2.45) is 0 Å². The van der Waals surface area contributed by atoms with Crippen LogP contribution in [0.1, 0.15) is 37.5 Å². The first-order valence-electron chi connectivity index (χ1n) is 9.36. The summed E-state index contributed by atoms with van der Waals surface area (Å²) >= 11 is 5.62. The van der Waals surface area contributed by atoms with Gasteiger partial charge < -0.3 is 14.6 Å². The minimum absolute atomic E-state index is 0.130. The highest BCUT2D eigenvalue weighted by Crippen LogP contribution is 2.22. The zero-order valence-corrected chi connectivity index (χ0v) is 17.2. The number of rotatable bonds is 7. The second-order valence-electron chi connectivity index (χ2n) is 6.99. The highest BCUT2D eigenvalue weighted by atomic mass is 32.2. The largest absolute Gasteiger partial charge is 0.467 e. The molecule has 146 valence electrons. The average Bonchev–Trinajstić information content (AvgIpc) is 3.28. The monoisotopic (exact) mass is 406 g/mol. The summed E-state index contributed by atoms with van der Waals surface area (Å²) in [5.74, 6) is 1.10. The predicted molar refractivity (Wildman–Crippen MR) is 113 cm³/mol. The van der Waals surface area contributed by atoms with Gasteiger partial charge in [0.1, 0.15) is 5.76 Å². The molecule has 0 aliphatic carbocycles. The van der Waals surface area contributed by atoms with Crippen molar-refractivity contribution in [2.45, 2.75) is 45.2 Å². The van der Waals surface area contributed by atoms with Crippen LogP contribution in [0.2, 0.25) is 0 Å². The van der Waals surface area contributed by atoms with Crippen LogP contribution in [0.15, 0.2) is 47.1 Å². The Balaban J connectivity index is 1.70. The molecule has 1 fully saturated rings. The number of nitrogens with one attached hydrogen (secondary N) is 1. The lowest BCUT2D eigenvalue weighted by atomic mass is 10.1. The number of furan rings is 1. The molecule has 1 aliphatic heterocycles. The molecule has 1 saturated heterocycles. The van der Waals surface area contributed by atoms with E-state index in [2.05, 4.69) is 24.4 Å². The molecular formula is C20H26N2O3S2. The summed E-state index contributed by atoms with van der Waals surface area (Å²) < 4.78 is 29.3. The Labute approximate surface area is 166 Å². The van der Waals surface area contributed by atoms with E-state index in [1.165, 1.54) is 18.4 Å². The van der Waals surface area contributed by atoms with Crippen LogP contribution in [-0.2, 0) is 22.8 Å². The van der Waals surface area contributed by atoms with Crippen molar-refractivity contribution < 1.29 is 12.8 Å². The third kappa shape index (κ3) is 5.56. The van der Waals surface area contributed by atoms with Crippen molar-refractivity contribution in [3.05, 3.63) is 54.0 Å². The summed E-state index contributed by atoms with van der Waals surface area (Å²) in [4.78, 5) is 1.93. The van der Waals surface area contributed by atoms with Gasteiger partial charge in [0.05, 0.1) is 24.3 Å². The first kappa shape index (κ1) is 19.9. The summed E-state index contributed by atoms with van der Waals surface area (Å²) in [6, 6.07) is 11.8. The number of nitrogens with zero attached hydrogens (tertiary/aromatic N) is 1. The molecule has 2 aromatic rings. The highest BCUT2D eigenvalue weighted by molar-refractivity contribution is 7.91. The Bertz CT molecular complexity index is 846. The fourth-order valence-corrected chi connectivity index (χ4v) is 5.35. The second-order valence-corrected chi connectivity index (χ2v) is 9.61. The van der Waals surface area contributed by atoms with E-state index in [1.807, 2.05) is 29.2 Å². The van der Waals surface area contributed by atoms with E-state index in [-0.39, 0.29) is 17.5 Å². The van der Waals surface area contributed by atoms with E-state index >= 15 is 0 Å². The molecule has 5 nitrogen and oxygen atoms in total.